The van der Waals surface area contributed by atoms with Crippen LogP contribution in [0.3, 0.4) is 0 Å². The van der Waals surface area contributed by atoms with Crippen LogP contribution in [0, 0.1) is 5.13 Å². The Bertz CT molecular complexity index is 1420. The fourth-order valence-corrected chi connectivity index (χ4v) is 4.66. The number of ether oxygens (including phenoxy) is 2. The number of thiophene rings is 1. The molecule has 2 N–H and O–H groups in total. The number of carbonyl (C=O) groups is 2. The molecule has 0 fully saturated rings. The Morgan fingerprint density at radius 3 is 2.42 bits per heavy atom. The molecule has 0 saturated heterocycles. The van der Waals surface area contributed by atoms with E-state index >= 15 is 0 Å². The molecule has 0 aliphatic carbocycles. The van der Waals surface area contributed by atoms with Crippen molar-refractivity contribution < 1.29 is 23.5 Å². The Morgan fingerprint density at radius 2 is 1.79 bits per heavy atom. The lowest BCUT2D eigenvalue weighted by Gasteiger charge is -2.26. The number of nitrogens with zero attached hydrogens (tertiary/aromatic N) is 2. The van der Waals surface area contributed by atoms with Crippen molar-refractivity contribution in [2.75, 3.05) is 26.1 Å². The van der Waals surface area contributed by atoms with Crippen LogP contribution < -0.4 is 14.8 Å². The van der Waals surface area contributed by atoms with Gasteiger partial charge >= 0.3 is 0 Å². The molecular weight excluding hydrogens is 507 g/mol. The van der Waals surface area contributed by atoms with Crippen molar-refractivity contribution in [3.8, 4) is 33.5 Å². The highest BCUT2D eigenvalue weighted by molar-refractivity contribution is 7.13. The first-order chi connectivity index (χ1) is 18.3. The van der Waals surface area contributed by atoms with E-state index in [1.807, 2.05) is 44.2 Å². The molecular formula is C28H29FN4O4S. The maximum Gasteiger partial charge on any atom is 0.245 e. The normalized spacial score (nSPS) is 10.9. The number of methoxy groups -OCH3 is 2. The van der Waals surface area contributed by atoms with Gasteiger partial charge in [-0.1, -0.05) is 36.4 Å². The molecule has 0 radical (unpaired) electrons. The summed E-state index contributed by atoms with van der Waals surface area (Å²) < 4.78 is 24.2. The largest absolute Gasteiger partial charge is 0.493 e. The summed E-state index contributed by atoms with van der Waals surface area (Å²) in [7, 11) is 3.08. The van der Waals surface area contributed by atoms with Gasteiger partial charge in [0.2, 0.25) is 11.8 Å². The predicted molar refractivity (Wildman–Crippen MR) is 146 cm³/mol. The van der Waals surface area contributed by atoms with Crippen LogP contribution in [0.2, 0.25) is 0 Å². The van der Waals surface area contributed by atoms with Gasteiger partial charge in [-0.15, -0.1) is 11.3 Å². The number of anilines is 1. The highest BCUT2D eigenvalue weighted by atomic mass is 32.1. The van der Waals surface area contributed by atoms with Crippen LogP contribution in [-0.2, 0) is 16.0 Å². The summed E-state index contributed by atoms with van der Waals surface area (Å²) in [4.78, 5) is 36.2. The van der Waals surface area contributed by atoms with Gasteiger partial charge in [0.05, 0.1) is 31.2 Å². The number of aromatic nitrogens is 2. The second-order valence-electron chi connectivity index (χ2n) is 8.81. The van der Waals surface area contributed by atoms with E-state index in [0.29, 0.717) is 33.7 Å². The van der Waals surface area contributed by atoms with Crippen LogP contribution in [0.15, 0.2) is 60.7 Å². The average Bonchev–Trinajstić information content (AvgIpc) is 3.53. The third-order valence-electron chi connectivity index (χ3n) is 5.89. The summed E-state index contributed by atoms with van der Waals surface area (Å²) in [5, 5.41) is 2.51. The molecule has 2 amide bonds. The van der Waals surface area contributed by atoms with E-state index < -0.39 is 5.91 Å². The maximum absolute atomic E-state index is 13.6. The molecule has 10 heteroatoms. The zero-order valence-electron chi connectivity index (χ0n) is 21.6. The minimum Gasteiger partial charge on any atom is -0.493 e. The molecule has 4 rings (SSSR count). The third-order valence-corrected chi connectivity index (χ3v) is 6.77. The first kappa shape index (κ1) is 26.9. The summed E-state index contributed by atoms with van der Waals surface area (Å²) in [5.74, 6) is 1.25. The summed E-state index contributed by atoms with van der Waals surface area (Å²) in [6, 6.07) is 17.5. The number of carbonyl (C=O) groups excluding carboxylic acids is 2. The third kappa shape index (κ3) is 6.20. The number of nitrogens with one attached hydrogen (secondary N) is 2. The van der Waals surface area contributed by atoms with Gasteiger partial charge in [-0.05, 0) is 43.7 Å². The quantitative estimate of drug-likeness (QED) is 0.284. The van der Waals surface area contributed by atoms with Crippen molar-refractivity contribution in [1.82, 2.24) is 14.9 Å². The van der Waals surface area contributed by atoms with Crippen molar-refractivity contribution in [3.05, 3.63) is 71.4 Å². The van der Waals surface area contributed by atoms with Crippen LogP contribution in [0.5, 0.6) is 11.5 Å². The highest BCUT2D eigenvalue weighted by Gasteiger charge is 2.23. The second-order valence-corrected chi connectivity index (χ2v) is 9.84. The Hall–Kier alpha value is -4.18. The summed E-state index contributed by atoms with van der Waals surface area (Å²) >= 11 is 0.958. The Morgan fingerprint density at radius 1 is 1.05 bits per heavy atom. The monoisotopic (exact) mass is 536 g/mol. The predicted octanol–water partition coefficient (Wildman–Crippen LogP) is 5.38. The maximum atomic E-state index is 13.6. The SMILES string of the molecule is COc1ccc(CC(=O)N(CC(=O)Nc2nc(-c3ccc(F)s3)[nH]c2-c2ccccc2)C(C)C)cc1OC. The Balaban J connectivity index is 1.53. The number of imidazole rings is 1. The van der Waals surface area contributed by atoms with Crippen LogP contribution in [0.25, 0.3) is 22.0 Å². The standard InChI is InChI=1S/C28H29FN4O4S/c1-17(2)33(25(35)15-18-10-11-20(36-3)21(14-18)37-4)16-24(34)30-28-26(19-8-6-5-7-9-19)31-27(32-28)22-12-13-23(29)38-22/h5-14,17H,15-16H2,1-4H3,(H,30,34)(H,31,32). The molecule has 2 aromatic heterocycles. The minimum absolute atomic E-state index is 0.0948. The van der Waals surface area contributed by atoms with E-state index in [0.717, 1.165) is 22.5 Å². The number of hydrogen-bond donors (Lipinski definition) is 2. The van der Waals surface area contributed by atoms with E-state index in [1.54, 1.807) is 31.4 Å². The number of H-pyrrole nitrogens is 1. The van der Waals surface area contributed by atoms with E-state index in [-0.39, 0.29) is 30.0 Å². The van der Waals surface area contributed by atoms with Crippen molar-refractivity contribution >= 4 is 29.0 Å². The van der Waals surface area contributed by atoms with Crippen LogP contribution in [-0.4, -0.2) is 53.5 Å². The average molecular weight is 537 g/mol. The molecule has 8 nitrogen and oxygen atoms in total. The van der Waals surface area contributed by atoms with Gasteiger partial charge in [0.1, 0.15) is 6.54 Å². The fraction of sp³-hybridized carbons (Fsp3) is 0.250. The van der Waals surface area contributed by atoms with Gasteiger partial charge in [-0.25, -0.2) is 4.98 Å². The molecule has 198 valence electrons. The van der Waals surface area contributed by atoms with Crippen LogP contribution in [0.4, 0.5) is 10.2 Å². The molecule has 0 saturated carbocycles. The number of aromatic amines is 1. The van der Waals surface area contributed by atoms with Crippen LogP contribution in [0.1, 0.15) is 19.4 Å². The molecule has 0 aliphatic rings. The fourth-order valence-electron chi connectivity index (χ4n) is 3.99. The second kappa shape index (κ2) is 11.9. The molecule has 0 atom stereocenters. The summed E-state index contributed by atoms with van der Waals surface area (Å²) in [6.07, 6.45) is 0.0948. The van der Waals surface area contributed by atoms with Gasteiger partial charge in [-0.3, -0.25) is 9.59 Å². The Labute approximate surface area is 224 Å². The molecule has 0 spiro atoms. The molecule has 2 heterocycles. The topological polar surface area (TPSA) is 96.5 Å². The van der Waals surface area contributed by atoms with Gasteiger partial charge in [-0.2, -0.15) is 4.39 Å². The van der Waals surface area contributed by atoms with Gasteiger partial charge in [0.25, 0.3) is 0 Å². The zero-order chi connectivity index (χ0) is 27.2. The molecule has 38 heavy (non-hydrogen) atoms. The lowest BCUT2D eigenvalue weighted by molar-refractivity contribution is -0.135. The number of amides is 2. The molecule has 0 aliphatic heterocycles. The zero-order valence-corrected chi connectivity index (χ0v) is 22.4. The number of benzene rings is 2. The van der Waals surface area contributed by atoms with E-state index in [4.69, 9.17) is 9.47 Å². The molecule has 2 aromatic carbocycles. The molecule has 0 unspecified atom stereocenters. The molecule has 4 aromatic rings. The van der Waals surface area contributed by atoms with Gasteiger partial charge in [0.15, 0.2) is 28.3 Å². The number of halogens is 1. The van der Waals surface area contributed by atoms with Crippen molar-refractivity contribution in [2.45, 2.75) is 26.3 Å². The lowest BCUT2D eigenvalue weighted by atomic mass is 10.1. The summed E-state index contributed by atoms with van der Waals surface area (Å²) in [5.41, 5.74) is 2.14. The highest BCUT2D eigenvalue weighted by Crippen LogP contribution is 2.32. The van der Waals surface area contributed by atoms with Gasteiger partial charge < -0.3 is 24.7 Å². The minimum atomic E-state index is -0.396. The number of rotatable bonds is 10. The lowest BCUT2D eigenvalue weighted by Crippen LogP contribution is -2.43. The van der Waals surface area contributed by atoms with Gasteiger partial charge in [0, 0.05) is 11.6 Å². The first-order valence-corrected chi connectivity index (χ1v) is 12.8. The summed E-state index contributed by atoms with van der Waals surface area (Å²) in [6.45, 7) is 3.55. The van der Waals surface area contributed by atoms with Crippen molar-refractivity contribution in [3.63, 3.8) is 0 Å². The first-order valence-electron chi connectivity index (χ1n) is 12.0. The smallest absolute Gasteiger partial charge is 0.245 e. The molecule has 0 bridgehead atoms. The number of hydrogen-bond acceptors (Lipinski definition) is 6. The van der Waals surface area contributed by atoms with E-state index in [1.165, 1.54) is 18.1 Å². The van der Waals surface area contributed by atoms with Crippen LogP contribution >= 0.6 is 11.3 Å². The van der Waals surface area contributed by atoms with E-state index in [2.05, 4.69) is 15.3 Å². The van der Waals surface area contributed by atoms with E-state index in [9.17, 15) is 14.0 Å². The van der Waals surface area contributed by atoms with Crippen molar-refractivity contribution in [2.24, 2.45) is 0 Å². The Kier molecular flexibility index (Phi) is 8.42. The van der Waals surface area contributed by atoms with Crippen molar-refractivity contribution in [1.29, 1.82) is 0 Å².